The molecule has 14 nitrogen and oxygen atoms in total. The number of rotatable bonds is 9. The lowest BCUT2D eigenvalue weighted by atomic mass is 9.95. The summed E-state index contributed by atoms with van der Waals surface area (Å²) in [7, 11) is 0. The molecule has 0 fully saturated rings. The molecular formula is C118H70N14. The molecular weight excluding hydrogens is 1610 g/mol. The van der Waals surface area contributed by atoms with E-state index in [-0.39, 0.29) is 0 Å². The highest BCUT2D eigenvalue weighted by Crippen LogP contribution is 2.44. The summed E-state index contributed by atoms with van der Waals surface area (Å²) in [5.41, 5.74) is 31.4. The second-order valence-corrected chi connectivity index (χ2v) is 33.0. The van der Waals surface area contributed by atoms with Gasteiger partial charge in [0, 0.05) is 151 Å². The van der Waals surface area contributed by atoms with Crippen molar-refractivity contribution in [2.24, 2.45) is 0 Å². The number of hydrogen-bond acceptors (Lipinski definition) is 14. The van der Waals surface area contributed by atoms with Crippen molar-refractivity contribution in [3.05, 3.63) is 425 Å². The van der Waals surface area contributed by atoms with Gasteiger partial charge in [-0.25, -0.2) is 44.9 Å². The maximum atomic E-state index is 5.21. The molecule has 14 heteroatoms. The number of fused-ring (bicyclic) bond motifs is 21. The van der Waals surface area contributed by atoms with Gasteiger partial charge >= 0.3 is 0 Å². The van der Waals surface area contributed by atoms with Crippen LogP contribution in [0.15, 0.2) is 425 Å². The molecule has 27 aromatic rings. The van der Waals surface area contributed by atoms with Crippen LogP contribution in [0.5, 0.6) is 0 Å². The number of nitrogens with zero attached hydrogens (tertiary/aromatic N) is 14. The van der Waals surface area contributed by atoms with Gasteiger partial charge in [-0.1, -0.05) is 297 Å². The molecule has 132 heavy (non-hydrogen) atoms. The molecule has 13 aromatic carbocycles. The molecule has 0 radical (unpaired) electrons. The largest absolute Gasteiger partial charge is 0.254 e. The highest BCUT2D eigenvalue weighted by Gasteiger charge is 2.22. The average Bonchev–Trinajstić information content (AvgIpc) is 0.740. The van der Waals surface area contributed by atoms with Crippen LogP contribution in [0.2, 0.25) is 0 Å². The molecule has 0 saturated carbocycles. The molecule has 14 heterocycles. The quantitative estimate of drug-likeness (QED) is 0.0983. The molecule has 0 spiro atoms. The van der Waals surface area contributed by atoms with Gasteiger partial charge in [-0.3, -0.25) is 24.9 Å². The van der Waals surface area contributed by atoms with Crippen molar-refractivity contribution in [2.45, 2.75) is 0 Å². The molecule has 0 saturated heterocycles. The van der Waals surface area contributed by atoms with Crippen LogP contribution in [0.1, 0.15) is 0 Å². The monoisotopic (exact) mass is 1680 g/mol. The summed E-state index contributed by atoms with van der Waals surface area (Å²) in [5, 5.41) is 16.3. The van der Waals surface area contributed by atoms with E-state index in [0.717, 1.165) is 242 Å². The van der Waals surface area contributed by atoms with Crippen molar-refractivity contribution < 1.29 is 0 Å². The van der Waals surface area contributed by atoms with Crippen LogP contribution in [0.25, 0.3) is 265 Å². The first kappa shape index (κ1) is 76.3. The SMILES string of the molecule is c1ccc(-c2c3ccccc3nc3c2ccc2ccc(-c4ccc(-c5ccc6ccc7cccnc7c6n5)cc4)nc23)cc1.c1ccc(-c2c3ccccc3nc3c2ccc2ccc(-c4ccc(-c5ccc6ccc7cccnc7c6n5)cn4)nc23)cc1.c1ccc(-c2c3ccccc3nc3c2ccc2ccc(-c4ccc(-c5ccc6ccc7cccnc7c6n5)nc4)nc23)cc1. The summed E-state index contributed by atoms with van der Waals surface area (Å²) >= 11 is 0. The molecule has 0 bridgehead atoms. The van der Waals surface area contributed by atoms with Crippen molar-refractivity contribution in [1.82, 2.24) is 69.8 Å². The predicted octanol–water partition coefficient (Wildman–Crippen LogP) is 28.9. The minimum Gasteiger partial charge on any atom is -0.254 e. The number of benzene rings is 13. The third-order valence-corrected chi connectivity index (χ3v) is 25.1. The molecule has 0 unspecified atom stereocenters. The Hall–Kier alpha value is -18.1. The van der Waals surface area contributed by atoms with Gasteiger partial charge in [0.1, 0.15) is 0 Å². The topological polar surface area (TPSA) is 180 Å². The Balaban J connectivity index is 0.000000106. The molecule has 612 valence electrons. The van der Waals surface area contributed by atoms with Gasteiger partial charge in [0.2, 0.25) is 0 Å². The van der Waals surface area contributed by atoms with E-state index >= 15 is 0 Å². The first-order valence-electron chi connectivity index (χ1n) is 43.9. The molecule has 0 aliphatic carbocycles. The molecule has 27 rings (SSSR count). The van der Waals surface area contributed by atoms with E-state index in [2.05, 4.69) is 330 Å². The van der Waals surface area contributed by atoms with Crippen molar-refractivity contribution >= 4 is 164 Å². The van der Waals surface area contributed by atoms with Crippen LogP contribution in [-0.2, 0) is 0 Å². The smallest absolute Gasteiger partial charge is 0.0978 e. The first-order chi connectivity index (χ1) is 65.4. The Labute approximate surface area is 754 Å². The summed E-state index contributed by atoms with van der Waals surface area (Å²) in [5.74, 6) is 0. The fourth-order valence-electron chi connectivity index (χ4n) is 18.7. The zero-order valence-corrected chi connectivity index (χ0v) is 70.7. The van der Waals surface area contributed by atoms with E-state index in [1.165, 1.54) is 22.3 Å². The Morgan fingerprint density at radius 1 is 0.121 bits per heavy atom. The minimum atomic E-state index is 0.796. The zero-order chi connectivity index (χ0) is 87.1. The van der Waals surface area contributed by atoms with Gasteiger partial charge in [-0.15, -0.1) is 0 Å². The predicted molar refractivity (Wildman–Crippen MR) is 540 cm³/mol. The van der Waals surface area contributed by atoms with Crippen molar-refractivity contribution in [3.8, 4) is 101 Å². The summed E-state index contributed by atoms with van der Waals surface area (Å²) in [6, 6.07) is 136. The fourth-order valence-corrected chi connectivity index (χ4v) is 18.7. The standard InChI is InChI=1S/C40H24N4.2C39H23N5/c1-2-7-27(8-3-1)36-31-10-4-5-11-35(31)44-40-32(36)21-18-30-20-23-34(43-39(30)40)26-14-12-25(13-15-26)33-22-19-29-17-16-28-9-6-24-41-37(28)38(29)42-33;1-2-7-24(8-3-1)35-29-10-4-5-11-32(29)43-39-30(35)18-14-27-15-19-31(42-38(27)39)28-17-20-33(41-23-28)34-21-16-26-13-12-25-9-6-22-40-36(25)37(26)44-34;1-2-7-24(8-3-1)35-29-10-4-5-11-32(29)43-39-30(35)18-14-27-16-21-34(44-38(27)39)33-20-17-28(23-41-33)31-19-15-26-13-12-25-9-6-22-40-36(25)37(26)42-31/h1-24H;2*1-23H. The van der Waals surface area contributed by atoms with Gasteiger partial charge in [0.05, 0.1) is 128 Å². The lowest BCUT2D eigenvalue weighted by Gasteiger charge is -2.13. The summed E-state index contributed by atoms with van der Waals surface area (Å²) in [4.78, 5) is 69.3. The zero-order valence-electron chi connectivity index (χ0n) is 70.7. The first-order valence-corrected chi connectivity index (χ1v) is 43.9. The Bertz CT molecular complexity index is 8480. The number of pyridine rings is 14. The van der Waals surface area contributed by atoms with Gasteiger partial charge in [-0.05, 0) is 114 Å². The van der Waals surface area contributed by atoms with E-state index < -0.39 is 0 Å². The molecule has 0 aliphatic rings. The molecule has 0 N–H and O–H groups in total. The number of aromatic nitrogens is 14. The van der Waals surface area contributed by atoms with Crippen molar-refractivity contribution in [2.75, 3.05) is 0 Å². The van der Waals surface area contributed by atoms with Gasteiger partial charge in [-0.2, -0.15) is 0 Å². The number of para-hydroxylation sites is 3. The Morgan fingerprint density at radius 3 is 0.659 bits per heavy atom. The van der Waals surface area contributed by atoms with E-state index in [1.54, 1.807) is 0 Å². The van der Waals surface area contributed by atoms with E-state index in [0.29, 0.717) is 0 Å². The van der Waals surface area contributed by atoms with Crippen LogP contribution in [0.4, 0.5) is 0 Å². The number of hydrogen-bond donors (Lipinski definition) is 0. The van der Waals surface area contributed by atoms with Crippen molar-refractivity contribution in [1.29, 1.82) is 0 Å². The minimum absolute atomic E-state index is 0.796. The maximum Gasteiger partial charge on any atom is 0.0978 e. The van der Waals surface area contributed by atoms with E-state index in [1.807, 2.05) is 110 Å². The van der Waals surface area contributed by atoms with E-state index in [9.17, 15) is 0 Å². The van der Waals surface area contributed by atoms with Gasteiger partial charge < -0.3 is 0 Å². The van der Waals surface area contributed by atoms with Crippen LogP contribution in [0, 0.1) is 0 Å². The highest BCUT2D eigenvalue weighted by molar-refractivity contribution is 6.20. The third kappa shape index (κ3) is 13.6. The Morgan fingerprint density at radius 2 is 0.356 bits per heavy atom. The molecule has 0 atom stereocenters. The lowest BCUT2D eigenvalue weighted by molar-refractivity contribution is 1.26. The van der Waals surface area contributed by atoms with Gasteiger partial charge in [0.15, 0.2) is 0 Å². The summed E-state index contributed by atoms with van der Waals surface area (Å²) < 4.78 is 0. The third-order valence-electron chi connectivity index (χ3n) is 25.1. The van der Waals surface area contributed by atoms with Crippen LogP contribution < -0.4 is 0 Å². The fraction of sp³-hybridized carbons (Fsp3) is 0. The molecule has 0 aliphatic heterocycles. The maximum absolute atomic E-state index is 5.21. The highest BCUT2D eigenvalue weighted by atomic mass is 14.8. The van der Waals surface area contributed by atoms with Gasteiger partial charge in [0.25, 0.3) is 0 Å². The molecule has 0 amide bonds. The summed E-state index contributed by atoms with van der Waals surface area (Å²) in [6.45, 7) is 0. The van der Waals surface area contributed by atoms with Crippen LogP contribution in [0.3, 0.4) is 0 Å². The van der Waals surface area contributed by atoms with Crippen molar-refractivity contribution in [3.63, 3.8) is 0 Å². The van der Waals surface area contributed by atoms with E-state index in [4.69, 9.17) is 54.8 Å². The molecule has 14 aromatic heterocycles. The summed E-state index contributed by atoms with van der Waals surface area (Å²) in [6.07, 6.45) is 9.19. The normalized spacial score (nSPS) is 11.6. The second-order valence-electron chi connectivity index (χ2n) is 33.0. The average molecular weight is 1680 g/mol. The Kier molecular flexibility index (Phi) is 18.5. The second kappa shape index (κ2) is 32.1. The lowest BCUT2D eigenvalue weighted by Crippen LogP contribution is -1.94. The van der Waals surface area contributed by atoms with Crippen LogP contribution in [-0.4, -0.2) is 69.8 Å². The van der Waals surface area contributed by atoms with Crippen LogP contribution >= 0.6 is 0 Å².